The zero-order chi connectivity index (χ0) is 15.5. The summed E-state index contributed by atoms with van der Waals surface area (Å²) in [7, 11) is 0. The van der Waals surface area contributed by atoms with Crippen LogP contribution in [0.25, 0.3) is 0 Å². The van der Waals surface area contributed by atoms with Crippen LogP contribution in [0.3, 0.4) is 0 Å². The van der Waals surface area contributed by atoms with E-state index in [-0.39, 0.29) is 5.92 Å². The predicted octanol–water partition coefficient (Wildman–Crippen LogP) is 2.74. The summed E-state index contributed by atoms with van der Waals surface area (Å²) < 4.78 is 0. The van der Waals surface area contributed by atoms with Crippen molar-refractivity contribution in [1.29, 1.82) is 0 Å². The van der Waals surface area contributed by atoms with Crippen molar-refractivity contribution in [3.8, 4) is 0 Å². The van der Waals surface area contributed by atoms with Gasteiger partial charge in [-0.05, 0) is 55.9 Å². The van der Waals surface area contributed by atoms with Crippen molar-refractivity contribution in [3.05, 3.63) is 24.3 Å². The Morgan fingerprint density at radius 1 is 1.00 bits per heavy atom. The van der Waals surface area contributed by atoms with Crippen LogP contribution in [0.4, 0.5) is 11.4 Å². The molecule has 0 atom stereocenters. The highest BCUT2D eigenvalue weighted by atomic mass is 16.2. The Balaban J connectivity index is 1.53. The zero-order valence-electron chi connectivity index (χ0n) is 13.5. The maximum atomic E-state index is 12.6. The van der Waals surface area contributed by atoms with E-state index in [1.165, 1.54) is 5.69 Å². The molecule has 120 valence electrons. The summed E-state index contributed by atoms with van der Waals surface area (Å²) in [6, 6.07) is 8.04. The van der Waals surface area contributed by atoms with Gasteiger partial charge in [-0.1, -0.05) is 6.92 Å². The number of piperidine rings is 2. The van der Waals surface area contributed by atoms with E-state index >= 15 is 0 Å². The number of nitrogen functional groups attached to an aromatic ring is 1. The number of hydrogen-bond acceptors (Lipinski definition) is 3. The largest absolute Gasteiger partial charge is 0.399 e. The first-order valence-corrected chi connectivity index (χ1v) is 8.53. The maximum absolute atomic E-state index is 12.6. The molecule has 3 rings (SSSR count). The van der Waals surface area contributed by atoms with E-state index in [0.717, 1.165) is 63.5 Å². The van der Waals surface area contributed by atoms with Crippen molar-refractivity contribution in [2.24, 2.45) is 11.8 Å². The van der Waals surface area contributed by atoms with Gasteiger partial charge in [0.2, 0.25) is 5.91 Å². The molecule has 0 spiro atoms. The summed E-state index contributed by atoms with van der Waals surface area (Å²) >= 11 is 0. The molecule has 1 amide bonds. The molecule has 2 N–H and O–H groups in total. The van der Waals surface area contributed by atoms with E-state index in [2.05, 4.69) is 28.9 Å². The maximum Gasteiger partial charge on any atom is 0.225 e. The number of nitrogens with two attached hydrogens (primary N) is 1. The van der Waals surface area contributed by atoms with Crippen molar-refractivity contribution in [1.82, 2.24) is 4.90 Å². The fourth-order valence-corrected chi connectivity index (χ4v) is 3.56. The highest BCUT2D eigenvalue weighted by Crippen LogP contribution is 2.26. The van der Waals surface area contributed by atoms with Crippen LogP contribution in [0.1, 0.15) is 32.6 Å². The van der Waals surface area contributed by atoms with Gasteiger partial charge in [0.05, 0.1) is 0 Å². The first kappa shape index (κ1) is 15.2. The Morgan fingerprint density at radius 3 is 2.18 bits per heavy atom. The van der Waals surface area contributed by atoms with E-state index in [9.17, 15) is 4.79 Å². The molecule has 0 aromatic heterocycles. The molecule has 2 saturated heterocycles. The topological polar surface area (TPSA) is 49.6 Å². The minimum absolute atomic E-state index is 0.221. The molecule has 2 fully saturated rings. The van der Waals surface area contributed by atoms with Gasteiger partial charge in [0, 0.05) is 43.5 Å². The third kappa shape index (κ3) is 3.37. The Bertz CT molecular complexity index is 498. The molecule has 4 nitrogen and oxygen atoms in total. The molecule has 1 aromatic rings. The molecule has 0 bridgehead atoms. The van der Waals surface area contributed by atoms with Crippen LogP contribution < -0.4 is 10.6 Å². The van der Waals surface area contributed by atoms with Gasteiger partial charge in [0.25, 0.3) is 0 Å². The van der Waals surface area contributed by atoms with Gasteiger partial charge in [0.15, 0.2) is 0 Å². The second-order valence-corrected chi connectivity index (χ2v) is 6.86. The molecule has 0 aliphatic carbocycles. The fraction of sp³-hybridized carbons (Fsp3) is 0.611. The third-order valence-electron chi connectivity index (χ3n) is 5.20. The molecular weight excluding hydrogens is 274 g/mol. The van der Waals surface area contributed by atoms with Crippen molar-refractivity contribution < 1.29 is 4.79 Å². The highest BCUT2D eigenvalue weighted by Gasteiger charge is 2.30. The summed E-state index contributed by atoms with van der Waals surface area (Å²) in [5.41, 5.74) is 7.76. The molecule has 22 heavy (non-hydrogen) atoms. The average molecular weight is 301 g/mol. The Hall–Kier alpha value is -1.71. The average Bonchev–Trinajstić information content (AvgIpc) is 2.56. The molecule has 2 heterocycles. The van der Waals surface area contributed by atoms with E-state index in [4.69, 9.17) is 5.73 Å². The number of nitrogens with zero attached hydrogens (tertiary/aromatic N) is 2. The second-order valence-electron chi connectivity index (χ2n) is 6.86. The SMILES string of the molecule is CC1CCN(C(=O)C2CCN(c3ccc(N)cc3)CC2)CC1. The summed E-state index contributed by atoms with van der Waals surface area (Å²) in [5, 5.41) is 0. The van der Waals surface area contributed by atoms with E-state index in [1.807, 2.05) is 12.1 Å². The van der Waals surface area contributed by atoms with Crippen LogP contribution in [-0.4, -0.2) is 37.0 Å². The Labute approximate surface area is 133 Å². The monoisotopic (exact) mass is 301 g/mol. The zero-order valence-corrected chi connectivity index (χ0v) is 13.5. The van der Waals surface area contributed by atoms with Crippen LogP contribution in [0, 0.1) is 11.8 Å². The van der Waals surface area contributed by atoms with Gasteiger partial charge >= 0.3 is 0 Å². The van der Waals surface area contributed by atoms with Crippen LogP contribution in [0.15, 0.2) is 24.3 Å². The summed E-state index contributed by atoms with van der Waals surface area (Å²) in [6.45, 7) is 6.12. The normalized spacial score (nSPS) is 21.1. The van der Waals surface area contributed by atoms with E-state index < -0.39 is 0 Å². The summed E-state index contributed by atoms with van der Waals surface area (Å²) in [4.78, 5) is 17.1. The lowest BCUT2D eigenvalue weighted by Crippen LogP contribution is -2.45. The molecular formula is C18H27N3O. The van der Waals surface area contributed by atoms with Crippen molar-refractivity contribution in [2.45, 2.75) is 32.6 Å². The Kier molecular flexibility index (Phi) is 4.55. The highest BCUT2D eigenvalue weighted by molar-refractivity contribution is 5.79. The van der Waals surface area contributed by atoms with Crippen LogP contribution in [-0.2, 0) is 4.79 Å². The van der Waals surface area contributed by atoms with E-state index in [0.29, 0.717) is 5.91 Å². The summed E-state index contributed by atoms with van der Waals surface area (Å²) in [5.74, 6) is 1.39. The fourth-order valence-electron chi connectivity index (χ4n) is 3.56. The van der Waals surface area contributed by atoms with Gasteiger partial charge in [-0.3, -0.25) is 4.79 Å². The van der Waals surface area contributed by atoms with Gasteiger partial charge < -0.3 is 15.5 Å². The van der Waals surface area contributed by atoms with Gasteiger partial charge in [-0.2, -0.15) is 0 Å². The standard InChI is InChI=1S/C18H27N3O/c1-14-6-10-21(11-7-14)18(22)15-8-12-20(13-9-15)17-4-2-16(19)3-5-17/h2-5,14-15H,6-13,19H2,1H3. The van der Waals surface area contributed by atoms with Crippen LogP contribution in [0.2, 0.25) is 0 Å². The number of amides is 1. The number of rotatable bonds is 2. The number of benzene rings is 1. The predicted molar refractivity (Wildman–Crippen MR) is 90.8 cm³/mol. The molecule has 4 heteroatoms. The van der Waals surface area contributed by atoms with Crippen molar-refractivity contribution in [2.75, 3.05) is 36.8 Å². The second kappa shape index (κ2) is 6.59. The molecule has 2 aliphatic heterocycles. The van der Waals surface area contributed by atoms with Gasteiger partial charge in [-0.25, -0.2) is 0 Å². The molecule has 2 aliphatic rings. The molecule has 0 saturated carbocycles. The first-order chi connectivity index (χ1) is 10.6. The number of likely N-dealkylation sites (tertiary alicyclic amines) is 1. The Morgan fingerprint density at radius 2 is 1.59 bits per heavy atom. The number of carbonyl (C=O) groups excluding carboxylic acids is 1. The van der Waals surface area contributed by atoms with Crippen molar-refractivity contribution in [3.63, 3.8) is 0 Å². The van der Waals surface area contributed by atoms with Crippen LogP contribution >= 0.6 is 0 Å². The minimum atomic E-state index is 0.221. The van der Waals surface area contributed by atoms with Crippen LogP contribution in [0.5, 0.6) is 0 Å². The number of carbonyl (C=O) groups is 1. The van der Waals surface area contributed by atoms with Gasteiger partial charge in [-0.15, -0.1) is 0 Å². The molecule has 1 aromatic carbocycles. The van der Waals surface area contributed by atoms with E-state index in [1.54, 1.807) is 0 Å². The smallest absolute Gasteiger partial charge is 0.225 e. The molecule has 0 unspecified atom stereocenters. The van der Waals surface area contributed by atoms with Crippen molar-refractivity contribution >= 4 is 17.3 Å². The lowest BCUT2D eigenvalue weighted by molar-refractivity contribution is -0.137. The summed E-state index contributed by atoms with van der Waals surface area (Å²) in [6.07, 6.45) is 4.26. The molecule has 0 radical (unpaired) electrons. The lowest BCUT2D eigenvalue weighted by atomic mass is 9.92. The number of hydrogen-bond donors (Lipinski definition) is 1. The lowest BCUT2D eigenvalue weighted by Gasteiger charge is -2.37. The first-order valence-electron chi connectivity index (χ1n) is 8.53. The quantitative estimate of drug-likeness (QED) is 0.855. The van der Waals surface area contributed by atoms with Gasteiger partial charge in [0.1, 0.15) is 0 Å². The third-order valence-corrected chi connectivity index (χ3v) is 5.20. The minimum Gasteiger partial charge on any atom is -0.399 e. The number of anilines is 2.